The Morgan fingerprint density at radius 1 is 0.422 bits per heavy atom. The Labute approximate surface area is 262 Å². The van der Waals surface area contributed by atoms with E-state index in [1.165, 1.54) is 0 Å². The summed E-state index contributed by atoms with van der Waals surface area (Å²) in [7, 11) is 0. The van der Waals surface area contributed by atoms with Gasteiger partial charge < -0.3 is 18.9 Å². The van der Waals surface area contributed by atoms with Gasteiger partial charge in [-0.15, -0.1) is 0 Å². The molecule has 4 rings (SSSR count). The van der Waals surface area contributed by atoms with E-state index in [0.29, 0.717) is 45.3 Å². The Morgan fingerprint density at radius 2 is 0.644 bits per heavy atom. The SMILES string of the molecule is Cc1cccc(OCC(COc2cccc(C)c2C=O)(COc2cccc(C)c2C=O)COc2cccc(C)c2C=O)c1C=O. The van der Waals surface area contributed by atoms with E-state index in [0.717, 1.165) is 47.4 Å². The van der Waals surface area contributed by atoms with E-state index in [9.17, 15) is 19.2 Å². The molecule has 0 heterocycles. The first-order chi connectivity index (χ1) is 21.8. The number of aryl methyl sites for hydroxylation is 4. The normalized spacial score (nSPS) is 10.9. The minimum Gasteiger partial charge on any atom is -0.492 e. The van der Waals surface area contributed by atoms with Crippen molar-refractivity contribution in [3.05, 3.63) is 117 Å². The van der Waals surface area contributed by atoms with Crippen molar-refractivity contribution >= 4 is 25.1 Å². The van der Waals surface area contributed by atoms with Crippen LogP contribution in [0, 0.1) is 33.1 Å². The first kappa shape index (κ1) is 32.7. The minimum atomic E-state index is -1.10. The highest BCUT2D eigenvalue weighted by atomic mass is 16.5. The molecular weight excluding hydrogens is 572 g/mol. The molecule has 0 aliphatic carbocycles. The largest absolute Gasteiger partial charge is 0.492 e. The van der Waals surface area contributed by atoms with Crippen LogP contribution in [0.1, 0.15) is 63.7 Å². The highest BCUT2D eigenvalue weighted by Crippen LogP contribution is 2.31. The van der Waals surface area contributed by atoms with Gasteiger partial charge in [0.2, 0.25) is 0 Å². The number of aldehydes is 4. The molecule has 45 heavy (non-hydrogen) atoms. The predicted octanol–water partition coefficient (Wildman–Crippen LogP) is 6.77. The summed E-state index contributed by atoms with van der Waals surface area (Å²) in [6, 6.07) is 21.2. The highest BCUT2D eigenvalue weighted by Gasteiger charge is 2.37. The summed E-state index contributed by atoms with van der Waals surface area (Å²) in [5.41, 5.74) is 3.51. The van der Waals surface area contributed by atoms with Gasteiger partial charge in [-0.25, -0.2) is 0 Å². The van der Waals surface area contributed by atoms with Crippen molar-refractivity contribution in [2.45, 2.75) is 27.7 Å². The molecule has 0 saturated heterocycles. The van der Waals surface area contributed by atoms with Gasteiger partial charge in [0.25, 0.3) is 0 Å². The van der Waals surface area contributed by atoms with E-state index in [2.05, 4.69) is 0 Å². The van der Waals surface area contributed by atoms with Crippen LogP contribution in [0.2, 0.25) is 0 Å². The predicted molar refractivity (Wildman–Crippen MR) is 171 cm³/mol. The topological polar surface area (TPSA) is 105 Å². The summed E-state index contributed by atoms with van der Waals surface area (Å²) in [6.45, 7) is 7.05. The number of carbonyl (C=O) groups is 4. The molecule has 0 atom stereocenters. The van der Waals surface area contributed by atoms with Crippen LogP contribution < -0.4 is 18.9 Å². The molecule has 0 amide bonds. The second kappa shape index (κ2) is 15.0. The zero-order valence-electron chi connectivity index (χ0n) is 25.8. The highest BCUT2D eigenvalue weighted by molar-refractivity contribution is 5.83. The third-order valence-electron chi connectivity index (χ3n) is 7.74. The number of rotatable bonds is 16. The molecule has 232 valence electrons. The fourth-order valence-electron chi connectivity index (χ4n) is 4.90. The van der Waals surface area contributed by atoms with Crippen LogP contribution in [-0.2, 0) is 0 Å². The number of benzene rings is 4. The van der Waals surface area contributed by atoms with E-state index in [4.69, 9.17) is 18.9 Å². The monoisotopic (exact) mass is 608 g/mol. The van der Waals surface area contributed by atoms with Gasteiger partial charge in [-0.2, -0.15) is 0 Å². The number of hydrogen-bond donors (Lipinski definition) is 0. The van der Waals surface area contributed by atoms with Gasteiger partial charge in [0.05, 0.1) is 22.3 Å². The number of carbonyl (C=O) groups excluding carboxylic acids is 4. The Hall–Kier alpha value is -5.24. The average molecular weight is 609 g/mol. The summed E-state index contributed by atoms with van der Waals surface area (Å²) in [6.07, 6.45) is 2.96. The molecule has 0 aliphatic rings. The Bertz CT molecular complexity index is 1440. The first-order valence-corrected chi connectivity index (χ1v) is 14.5. The number of ether oxygens (including phenoxy) is 4. The molecule has 0 bridgehead atoms. The maximum Gasteiger partial charge on any atom is 0.154 e. The lowest BCUT2D eigenvalue weighted by atomic mass is 9.91. The molecule has 8 heteroatoms. The van der Waals surface area contributed by atoms with Crippen molar-refractivity contribution in [2.75, 3.05) is 26.4 Å². The Kier molecular flexibility index (Phi) is 10.9. The summed E-state index contributed by atoms with van der Waals surface area (Å²) in [5.74, 6) is 1.47. The van der Waals surface area contributed by atoms with Gasteiger partial charge in [0.15, 0.2) is 25.1 Å². The second-order valence-corrected chi connectivity index (χ2v) is 11.1. The van der Waals surface area contributed by atoms with Gasteiger partial charge in [-0.3, -0.25) is 19.2 Å². The maximum atomic E-state index is 12.0. The third-order valence-corrected chi connectivity index (χ3v) is 7.74. The van der Waals surface area contributed by atoms with Crippen molar-refractivity contribution < 1.29 is 38.1 Å². The van der Waals surface area contributed by atoms with Crippen LogP contribution in [0.4, 0.5) is 0 Å². The molecule has 0 unspecified atom stereocenters. The minimum absolute atomic E-state index is 0.0516. The fourth-order valence-corrected chi connectivity index (χ4v) is 4.90. The average Bonchev–Trinajstić information content (AvgIpc) is 3.04. The maximum absolute atomic E-state index is 12.0. The van der Waals surface area contributed by atoms with Crippen LogP contribution >= 0.6 is 0 Å². The quantitative estimate of drug-likeness (QED) is 0.128. The van der Waals surface area contributed by atoms with Gasteiger partial charge >= 0.3 is 0 Å². The van der Waals surface area contributed by atoms with E-state index >= 15 is 0 Å². The van der Waals surface area contributed by atoms with Gasteiger partial charge in [-0.05, 0) is 74.2 Å². The molecule has 0 spiro atoms. The molecule has 0 aromatic heterocycles. The smallest absolute Gasteiger partial charge is 0.154 e. The van der Waals surface area contributed by atoms with Crippen LogP contribution in [0.5, 0.6) is 23.0 Å². The third kappa shape index (κ3) is 7.65. The van der Waals surface area contributed by atoms with Crippen LogP contribution in [0.25, 0.3) is 0 Å². The molecule has 0 N–H and O–H groups in total. The van der Waals surface area contributed by atoms with Crippen molar-refractivity contribution in [1.29, 1.82) is 0 Å². The van der Waals surface area contributed by atoms with E-state index in [1.807, 2.05) is 52.0 Å². The number of hydrogen-bond acceptors (Lipinski definition) is 8. The Morgan fingerprint density at radius 3 is 0.844 bits per heavy atom. The van der Waals surface area contributed by atoms with Crippen molar-refractivity contribution in [3.8, 4) is 23.0 Å². The lowest BCUT2D eigenvalue weighted by Crippen LogP contribution is -2.45. The van der Waals surface area contributed by atoms with E-state index < -0.39 is 5.41 Å². The second-order valence-electron chi connectivity index (χ2n) is 11.1. The van der Waals surface area contributed by atoms with Gasteiger partial charge in [-0.1, -0.05) is 48.5 Å². The molecule has 0 radical (unpaired) electrons. The van der Waals surface area contributed by atoms with E-state index in [1.54, 1.807) is 48.5 Å². The summed E-state index contributed by atoms with van der Waals surface area (Å²) in [5, 5.41) is 0. The molecule has 0 saturated carbocycles. The van der Waals surface area contributed by atoms with Gasteiger partial charge in [0, 0.05) is 0 Å². The molecular formula is C37H36O8. The van der Waals surface area contributed by atoms with Crippen LogP contribution in [-0.4, -0.2) is 51.6 Å². The van der Waals surface area contributed by atoms with Gasteiger partial charge in [0.1, 0.15) is 54.8 Å². The molecule has 0 fully saturated rings. The molecule has 4 aromatic rings. The van der Waals surface area contributed by atoms with Crippen molar-refractivity contribution in [1.82, 2.24) is 0 Å². The van der Waals surface area contributed by atoms with Crippen LogP contribution in [0.3, 0.4) is 0 Å². The van der Waals surface area contributed by atoms with Crippen LogP contribution in [0.15, 0.2) is 72.8 Å². The summed E-state index contributed by atoms with van der Waals surface area (Å²) < 4.78 is 25.2. The Balaban J connectivity index is 1.78. The first-order valence-electron chi connectivity index (χ1n) is 14.5. The molecule has 8 nitrogen and oxygen atoms in total. The van der Waals surface area contributed by atoms with E-state index in [-0.39, 0.29) is 26.4 Å². The van der Waals surface area contributed by atoms with Crippen molar-refractivity contribution in [2.24, 2.45) is 5.41 Å². The lowest BCUT2D eigenvalue weighted by molar-refractivity contribution is -0.00399. The summed E-state index contributed by atoms with van der Waals surface area (Å²) in [4.78, 5) is 47.8. The zero-order chi connectivity index (χ0) is 32.4. The fraction of sp³-hybridized carbons (Fsp3) is 0.243. The van der Waals surface area contributed by atoms with Crippen molar-refractivity contribution in [3.63, 3.8) is 0 Å². The standard InChI is InChI=1S/C37H36O8/c1-25-9-5-13-33(29(25)17-38)42-21-37(22-43-34-14-6-10-26(2)30(34)18-39,23-44-35-15-7-11-27(3)31(35)19-40)24-45-36-16-8-12-28(4)32(36)20-41/h5-20H,21-24H2,1-4H3. The summed E-state index contributed by atoms with van der Waals surface area (Å²) >= 11 is 0. The molecule has 4 aromatic carbocycles. The zero-order valence-corrected chi connectivity index (χ0v) is 25.8. The molecule has 0 aliphatic heterocycles. The lowest BCUT2D eigenvalue weighted by Gasteiger charge is -2.34.